The fraction of sp³-hybridized carbons (Fsp3) is 0.357. The van der Waals surface area contributed by atoms with E-state index in [-0.39, 0.29) is 5.82 Å². The van der Waals surface area contributed by atoms with Gasteiger partial charge in [0, 0.05) is 42.8 Å². The van der Waals surface area contributed by atoms with Crippen molar-refractivity contribution in [3.8, 4) is 0 Å². The van der Waals surface area contributed by atoms with Crippen molar-refractivity contribution in [2.75, 3.05) is 26.0 Å². The first-order chi connectivity index (χ1) is 10.1. The molecule has 0 atom stereocenters. The number of nitrogens with zero attached hydrogens (tertiary/aromatic N) is 2. The number of hydrogen-bond donors (Lipinski definition) is 1. The minimum Gasteiger partial charge on any atom is -0.383 e. The van der Waals surface area contributed by atoms with Gasteiger partial charge in [-0.15, -0.1) is 11.3 Å². The Hall–Kier alpha value is -1.21. The Morgan fingerprint density at radius 1 is 1.43 bits per heavy atom. The van der Waals surface area contributed by atoms with Crippen molar-refractivity contribution in [1.82, 2.24) is 9.88 Å². The van der Waals surface area contributed by atoms with Crippen LogP contribution < -0.4 is 5.73 Å². The number of nitrogens with two attached hydrogens (primary N) is 1. The Balaban J connectivity index is 2.08. The molecule has 0 aliphatic rings. The lowest BCUT2D eigenvalue weighted by Gasteiger charge is -2.21. The first-order valence-corrected chi connectivity index (χ1v) is 7.63. The topological polar surface area (TPSA) is 51.4 Å². The summed E-state index contributed by atoms with van der Waals surface area (Å²) < 4.78 is 18.2. The van der Waals surface area contributed by atoms with Crippen molar-refractivity contribution in [3.05, 3.63) is 45.7 Å². The standard InChI is InChI=1S/C14H17ClFN3OS/c1-20-5-4-19(9-12-7-18-14(17)21-12)8-10-2-3-11(16)6-13(10)15/h2-3,6-7H,4-5,8-9H2,1H3,(H2,17,18). The molecule has 0 spiro atoms. The van der Waals surface area contributed by atoms with Crippen LogP contribution in [0.1, 0.15) is 10.4 Å². The van der Waals surface area contributed by atoms with E-state index in [0.717, 1.165) is 17.0 Å². The number of hydrogen-bond acceptors (Lipinski definition) is 5. The molecule has 4 nitrogen and oxygen atoms in total. The van der Waals surface area contributed by atoms with Crippen molar-refractivity contribution >= 4 is 28.1 Å². The molecular formula is C14H17ClFN3OS. The van der Waals surface area contributed by atoms with Crippen LogP contribution in [0.4, 0.5) is 9.52 Å². The average molecular weight is 330 g/mol. The van der Waals surface area contributed by atoms with E-state index in [1.165, 1.54) is 23.5 Å². The molecule has 0 saturated carbocycles. The summed E-state index contributed by atoms with van der Waals surface area (Å²) in [5, 5.41) is 0.984. The minimum absolute atomic E-state index is 0.331. The number of anilines is 1. The number of halogens is 2. The fourth-order valence-electron chi connectivity index (χ4n) is 1.94. The van der Waals surface area contributed by atoms with Gasteiger partial charge in [0.1, 0.15) is 5.82 Å². The lowest BCUT2D eigenvalue weighted by atomic mass is 10.2. The van der Waals surface area contributed by atoms with Gasteiger partial charge < -0.3 is 10.5 Å². The van der Waals surface area contributed by atoms with Crippen LogP contribution in [0, 0.1) is 5.82 Å². The van der Waals surface area contributed by atoms with Gasteiger partial charge in [0.15, 0.2) is 5.13 Å². The van der Waals surface area contributed by atoms with Crippen LogP contribution in [0.15, 0.2) is 24.4 Å². The number of benzene rings is 1. The molecule has 114 valence electrons. The summed E-state index contributed by atoms with van der Waals surface area (Å²) in [6.45, 7) is 2.65. The predicted molar refractivity (Wildman–Crippen MR) is 83.9 cm³/mol. The third-order valence-corrected chi connectivity index (χ3v) is 4.13. The smallest absolute Gasteiger partial charge is 0.180 e. The molecule has 2 aromatic rings. The van der Waals surface area contributed by atoms with E-state index < -0.39 is 0 Å². The van der Waals surface area contributed by atoms with Crippen LogP contribution in [0.5, 0.6) is 0 Å². The molecule has 0 fully saturated rings. The summed E-state index contributed by atoms with van der Waals surface area (Å²) in [6, 6.07) is 4.45. The van der Waals surface area contributed by atoms with Crippen molar-refractivity contribution in [2.45, 2.75) is 13.1 Å². The Labute approximate surface area is 132 Å². The molecule has 0 aliphatic carbocycles. The molecule has 0 amide bonds. The van der Waals surface area contributed by atoms with Crippen LogP contribution in [-0.2, 0) is 17.8 Å². The molecule has 0 bridgehead atoms. The number of thiazole rings is 1. The van der Waals surface area contributed by atoms with E-state index in [4.69, 9.17) is 22.1 Å². The molecule has 0 saturated heterocycles. The number of methoxy groups -OCH3 is 1. The molecular weight excluding hydrogens is 313 g/mol. The maximum absolute atomic E-state index is 13.1. The Morgan fingerprint density at radius 2 is 2.24 bits per heavy atom. The highest BCUT2D eigenvalue weighted by molar-refractivity contribution is 7.15. The predicted octanol–water partition coefficient (Wildman–Crippen LogP) is 3.17. The van der Waals surface area contributed by atoms with Gasteiger partial charge in [-0.05, 0) is 17.7 Å². The van der Waals surface area contributed by atoms with E-state index in [1.807, 2.05) is 0 Å². The third-order valence-electron chi connectivity index (χ3n) is 2.97. The molecule has 7 heteroatoms. The van der Waals surface area contributed by atoms with Gasteiger partial charge in [-0.3, -0.25) is 4.90 Å². The van der Waals surface area contributed by atoms with Gasteiger partial charge in [0.05, 0.1) is 6.61 Å². The zero-order valence-electron chi connectivity index (χ0n) is 11.7. The molecule has 1 heterocycles. The SMILES string of the molecule is COCCN(Cc1cnc(N)s1)Cc1ccc(F)cc1Cl. The molecule has 1 aromatic heterocycles. The van der Waals surface area contributed by atoms with Crippen LogP contribution in [0.25, 0.3) is 0 Å². The number of aromatic nitrogens is 1. The monoisotopic (exact) mass is 329 g/mol. The lowest BCUT2D eigenvalue weighted by molar-refractivity contribution is 0.140. The van der Waals surface area contributed by atoms with Gasteiger partial charge >= 0.3 is 0 Å². The van der Waals surface area contributed by atoms with Gasteiger partial charge in [-0.1, -0.05) is 17.7 Å². The van der Waals surface area contributed by atoms with E-state index in [0.29, 0.717) is 29.9 Å². The number of rotatable bonds is 7. The largest absolute Gasteiger partial charge is 0.383 e. The molecule has 2 rings (SSSR count). The summed E-state index contributed by atoms with van der Waals surface area (Å²) in [5.41, 5.74) is 6.53. The molecule has 0 radical (unpaired) electrons. The highest BCUT2D eigenvalue weighted by Crippen LogP contribution is 2.22. The molecule has 0 aliphatic heterocycles. The van der Waals surface area contributed by atoms with E-state index in [2.05, 4.69) is 9.88 Å². The molecule has 2 N–H and O–H groups in total. The van der Waals surface area contributed by atoms with Crippen LogP contribution in [0.3, 0.4) is 0 Å². The van der Waals surface area contributed by atoms with Crippen molar-refractivity contribution in [2.24, 2.45) is 0 Å². The Morgan fingerprint density at radius 3 is 2.86 bits per heavy atom. The minimum atomic E-state index is -0.331. The average Bonchev–Trinajstić information content (AvgIpc) is 2.84. The van der Waals surface area contributed by atoms with Crippen LogP contribution in [-0.4, -0.2) is 30.1 Å². The van der Waals surface area contributed by atoms with Crippen molar-refractivity contribution in [1.29, 1.82) is 0 Å². The fourth-order valence-corrected chi connectivity index (χ4v) is 2.89. The first-order valence-electron chi connectivity index (χ1n) is 6.44. The van der Waals surface area contributed by atoms with Crippen molar-refractivity contribution < 1.29 is 9.13 Å². The second-order valence-corrected chi connectivity index (χ2v) is 6.16. The van der Waals surface area contributed by atoms with Gasteiger partial charge in [0.25, 0.3) is 0 Å². The van der Waals surface area contributed by atoms with E-state index >= 15 is 0 Å². The quantitative estimate of drug-likeness (QED) is 0.847. The Kier molecular flexibility index (Phi) is 5.93. The number of nitrogen functional groups attached to an aromatic ring is 1. The maximum Gasteiger partial charge on any atom is 0.180 e. The summed E-state index contributed by atoms with van der Waals surface area (Å²) >= 11 is 7.55. The summed E-state index contributed by atoms with van der Waals surface area (Å²) in [5.74, 6) is -0.331. The van der Waals surface area contributed by atoms with Crippen molar-refractivity contribution in [3.63, 3.8) is 0 Å². The summed E-state index contributed by atoms with van der Waals surface area (Å²) in [4.78, 5) is 7.28. The Bertz CT molecular complexity index is 593. The van der Waals surface area contributed by atoms with Crippen LogP contribution >= 0.6 is 22.9 Å². The van der Waals surface area contributed by atoms with E-state index in [1.54, 1.807) is 19.4 Å². The van der Waals surface area contributed by atoms with Gasteiger partial charge in [-0.2, -0.15) is 0 Å². The molecule has 0 unspecified atom stereocenters. The summed E-state index contributed by atoms with van der Waals surface area (Å²) in [6.07, 6.45) is 1.77. The summed E-state index contributed by atoms with van der Waals surface area (Å²) in [7, 11) is 1.66. The maximum atomic E-state index is 13.1. The van der Waals surface area contributed by atoms with E-state index in [9.17, 15) is 4.39 Å². The molecule has 21 heavy (non-hydrogen) atoms. The third kappa shape index (κ3) is 4.93. The second-order valence-electron chi connectivity index (χ2n) is 4.60. The van der Waals surface area contributed by atoms with Crippen LogP contribution in [0.2, 0.25) is 5.02 Å². The highest BCUT2D eigenvalue weighted by atomic mass is 35.5. The normalized spacial score (nSPS) is 11.2. The zero-order chi connectivity index (χ0) is 15.2. The second kappa shape index (κ2) is 7.70. The van der Waals surface area contributed by atoms with Gasteiger partial charge in [-0.25, -0.2) is 9.37 Å². The number of ether oxygens (including phenoxy) is 1. The van der Waals surface area contributed by atoms with Gasteiger partial charge in [0.2, 0.25) is 0 Å². The molecule has 1 aromatic carbocycles. The first kappa shape index (κ1) is 16.2. The zero-order valence-corrected chi connectivity index (χ0v) is 13.3. The lowest BCUT2D eigenvalue weighted by Crippen LogP contribution is -2.26. The highest BCUT2D eigenvalue weighted by Gasteiger charge is 2.11.